The average molecular weight is 257 g/mol. The third kappa shape index (κ3) is 3.47. The number of benzene rings is 1. The fourth-order valence-electron chi connectivity index (χ4n) is 0.946. The van der Waals surface area contributed by atoms with Gasteiger partial charge in [-0.15, -0.1) is 0 Å². The molecule has 0 saturated heterocycles. The van der Waals surface area contributed by atoms with E-state index in [1.807, 2.05) is 6.92 Å². The molecule has 0 saturated carbocycles. The van der Waals surface area contributed by atoms with Gasteiger partial charge in [0.15, 0.2) is 0 Å². The summed E-state index contributed by atoms with van der Waals surface area (Å²) in [5.74, 6) is 0.224. The van der Waals surface area contributed by atoms with Crippen LogP contribution < -0.4 is 5.73 Å². The van der Waals surface area contributed by atoms with Crippen molar-refractivity contribution in [2.75, 3.05) is 6.54 Å². The highest BCUT2D eigenvalue weighted by Gasteiger charge is 1.98. The maximum absolute atomic E-state index is 9.46. The number of halogens is 1. The third-order valence-electron chi connectivity index (χ3n) is 1.61. The second kappa shape index (κ2) is 5.12. The third-order valence-corrected chi connectivity index (χ3v) is 2.11. The van der Waals surface area contributed by atoms with Crippen LogP contribution >= 0.6 is 15.9 Å². The molecule has 0 aliphatic heterocycles. The number of hydrogen-bond acceptors (Lipinski definition) is 3. The average Bonchev–Trinajstić information content (AvgIpc) is 2.10. The molecule has 4 heteroatoms. The highest BCUT2D eigenvalue weighted by atomic mass is 79.9. The van der Waals surface area contributed by atoms with E-state index in [4.69, 9.17) is 5.73 Å². The molecule has 3 nitrogen and oxygen atoms in total. The summed E-state index contributed by atoms with van der Waals surface area (Å²) in [5, 5.41) is 9.46. The van der Waals surface area contributed by atoms with Crippen LogP contribution in [0.3, 0.4) is 0 Å². The molecule has 1 aromatic carbocycles. The van der Waals surface area contributed by atoms with Crippen molar-refractivity contribution in [1.82, 2.24) is 0 Å². The van der Waals surface area contributed by atoms with E-state index < -0.39 is 0 Å². The van der Waals surface area contributed by atoms with E-state index in [1.165, 1.54) is 0 Å². The van der Waals surface area contributed by atoms with Crippen molar-refractivity contribution >= 4 is 22.1 Å². The summed E-state index contributed by atoms with van der Waals surface area (Å²) in [6.07, 6.45) is 1.63. The maximum atomic E-state index is 9.46. The number of hydrogen-bond donors (Lipinski definition) is 2. The van der Waals surface area contributed by atoms with Gasteiger partial charge in [-0.1, -0.05) is 15.9 Å². The van der Waals surface area contributed by atoms with Crippen molar-refractivity contribution in [3.63, 3.8) is 0 Å². The highest BCUT2D eigenvalue weighted by molar-refractivity contribution is 9.10. The largest absolute Gasteiger partial charge is 0.507 e. The number of phenolic OH excluding ortho intramolecular Hbond substituents is 1. The Hall–Kier alpha value is -0.870. The first-order chi connectivity index (χ1) is 6.59. The first-order valence-corrected chi connectivity index (χ1v) is 5.13. The lowest BCUT2D eigenvalue weighted by Gasteiger charge is -2.00. The predicted octanol–water partition coefficient (Wildman–Crippen LogP) is 1.92. The van der Waals surface area contributed by atoms with Crippen LogP contribution in [0, 0.1) is 0 Å². The molecule has 3 N–H and O–H groups in total. The molecule has 0 radical (unpaired) electrons. The van der Waals surface area contributed by atoms with Crippen molar-refractivity contribution in [2.45, 2.75) is 13.0 Å². The quantitative estimate of drug-likeness (QED) is 0.813. The lowest BCUT2D eigenvalue weighted by atomic mass is 10.2. The Morgan fingerprint density at radius 2 is 2.36 bits per heavy atom. The van der Waals surface area contributed by atoms with E-state index in [-0.39, 0.29) is 11.8 Å². The van der Waals surface area contributed by atoms with Crippen molar-refractivity contribution in [3.05, 3.63) is 28.2 Å². The summed E-state index contributed by atoms with van der Waals surface area (Å²) in [4.78, 5) is 4.11. The smallest absolute Gasteiger partial charge is 0.124 e. The van der Waals surface area contributed by atoms with Crippen LogP contribution in [0.4, 0.5) is 0 Å². The van der Waals surface area contributed by atoms with E-state index in [9.17, 15) is 5.11 Å². The van der Waals surface area contributed by atoms with Gasteiger partial charge in [0, 0.05) is 22.3 Å². The Labute approximate surface area is 91.8 Å². The lowest BCUT2D eigenvalue weighted by molar-refractivity contribution is 0.474. The number of aromatic hydroxyl groups is 1. The van der Waals surface area contributed by atoms with E-state index in [0.29, 0.717) is 12.1 Å². The zero-order valence-corrected chi connectivity index (χ0v) is 9.53. The Kier molecular flexibility index (Phi) is 4.10. The number of nitrogens with zero attached hydrogens (tertiary/aromatic N) is 1. The van der Waals surface area contributed by atoms with Crippen LogP contribution in [-0.4, -0.2) is 23.9 Å². The highest BCUT2D eigenvalue weighted by Crippen LogP contribution is 2.19. The molecule has 1 atom stereocenters. The summed E-state index contributed by atoms with van der Waals surface area (Å²) in [7, 11) is 0. The van der Waals surface area contributed by atoms with Crippen LogP contribution in [0.2, 0.25) is 0 Å². The fraction of sp³-hybridized carbons (Fsp3) is 0.300. The number of rotatable bonds is 3. The van der Waals surface area contributed by atoms with Gasteiger partial charge in [0.25, 0.3) is 0 Å². The van der Waals surface area contributed by atoms with Crippen LogP contribution in [0.1, 0.15) is 12.5 Å². The molecule has 0 spiro atoms. The zero-order chi connectivity index (χ0) is 10.6. The molecule has 1 unspecified atom stereocenters. The Morgan fingerprint density at radius 3 is 3.00 bits per heavy atom. The van der Waals surface area contributed by atoms with Crippen molar-refractivity contribution in [1.29, 1.82) is 0 Å². The van der Waals surface area contributed by atoms with E-state index in [1.54, 1.807) is 24.4 Å². The number of nitrogens with two attached hydrogens (primary N) is 1. The van der Waals surface area contributed by atoms with Gasteiger partial charge >= 0.3 is 0 Å². The molecule has 14 heavy (non-hydrogen) atoms. The SMILES string of the molecule is CC(N)CN=Cc1cc(Br)ccc1O. The molecular weight excluding hydrogens is 244 g/mol. The molecule has 76 valence electrons. The van der Waals surface area contributed by atoms with Crippen LogP contribution in [0.25, 0.3) is 0 Å². The molecule has 0 aliphatic carbocycles. The lowest BCUT2D eigenvalue weighted by Crippen LogP contribution is -2.18. The van der Waals surface area contributed by atoms with Gasteiger partial charge in [-0.05, 0) is 25.1 Å². The van der Waals surface area contributed by atoms with E-state index in [2.05, 4.69) is 20.9 Å². The van der Waals surface area contributed by atoms with Gasteiger partial charge in [0.2, 0.25) is 0 Å². The molecule has 1 aromatic rings. The van der Waals surface area contributed by atoms with Gasteiger partial charge in [-0.25, -0.2) is 0 Å². The molecule has 0 bridgehead atoms. The van der Waals surface area contributed by atoms with Crippen molar-refractivity contribution in [3.8, 4) is 5.75 Å². The Morgan fingerprint density at radius 1 is 1.64 bits per heavy atom. The molecular formula is C10H13BrN2O. The summed E-state index contributed by atoms with van der Waals surface area (Å²) in [5.41, 5.74) is 6.23. The Balaban J connectivity index is 2.75. The second-order valence-electron chi connectivity index (χ2n) is 3.17. The van der Waals surface area contributed by atoms with Gasteiger partial charge in [0.1, 0.15) is 5.75 Å². The van der Waals surface area contributed by atoms with Gasteiger partial charge < -0.3 is 10.8 Å². The van der Waals surface area contributed by atoms with Gasteiger partial charge in [-0.2, -0.15) is 0 Å². The van der Waals surface area contributed by atoms with Crippen LogP contribution in [0.15, 0.2) is 27.7 Å². The second-order valence-corrected chi connectivity index (χ2v) is 4.09. The normalized spacial score (nSPS) is 13.4. The zero-order valence-electron chi connectivity index (χ0n) is 7.94. The number of aliphatic imine (C=N–C) groups is 1. The van der Waals surface area contributed by atoms with Crippen LogP contribution in [0.5, 0.6) is 5.75 Å². The molecule has 0 fully saturated rings. The minimum absolute atomic E-state index is 0.0422. The minimum Gasteiger partial charge on any atom is -0.507 e. The first-order valence-electron chi connectivity index (χ1n) is 4.33. The van der Waals surface area contributed by atoms with Gasteiger partial charge in [-0.3, -0.25) is 4.99 Å². The standard InChI is InChI=1S/C10H13BrN2O/c1-7(12)5-13-6-8-4-9(11)2-3-10(8)14/h2-4,6-7,14H,5,12H2,1H3. The summed E-state index contributed by atoms with van der Waals surface area (Å²) in [6, 6.07) is 5.25. The number of phenols is 1. The predicted molar refractivity (Wildman–Crippen MR) is 61.9 cm³/mol. The first kappa shape index (κ1) is 11.2. The molecule has 0 aromatic heterocycles. The van der Waals surface area contributed by atoms with Crippen LogP contribution in [-0.2, 0) is 0 Å². The minimum atomic E-state index is 0.0422. The monoisotopic (exact) mass is 256 g/mol. The molecule has 0 aliphatic rings. The summed E-state index contributed by atoms with van der Waals surface area (Å²) >= 11 is 3.32. The molecule has 1 rings (SSSR count). The van der Waals surface area contributed by atoms with Crippen molar-refractivity contribution < 1.29 is 5.11 Å². The molecule has 0 heterocycles. The molecule has 0 amide bonds. The van der Waals surface area contributed by atoms with Crippen molar-refractivity contribution in [2.24, 2.45) is 10.7 Å². The Bertz CT molecular complexity index is 337. The van der Waals surface area contributed by atoms with Gasteiger partial charge in [0.05, 0.1) is 6.54 Å². The topological polar surface area (TPSA) is 58.6 Å². The fourth-order valence-corrected chi connectivity index (χ4v) is 1.32. The summed E-state index contributed by atoms with van der Waals surface area (Å²) < 4.78 is 0.914. The van der Waals surface area contributed by atoms with E-state index in [0.717, 1.165) is 4.47 Å². The van der Waals surface area contributed by atoms with E-state index >= 15 is 0 Å². The maximum Gasteiger partial charge on any atom is 0.124 e. The summed E-state index contributed by atoms with van der Waals surface area (Å²) in [6.45, 7) is 2.45.